The summed E-state index contributed by atoms with van der Waals surface area (Å²) in [6.07, 6.45) is 0.760. The fourth-order valence-corrected chi connectivity index (χ4v) is 2.65. The van der Waals surface area contributed by atoms with Crippen LogP contribution in [0.25, 0.3) is 11.0 Å². The Hall–Kier alpha value is -2.95. The number of hydrogen-bond donors (Lipinski definition) is 2. The molecular formula is C20H22N2O3. The van der Waals surface area contributed by atoms with Gasteiger partial charge in [-0.3, -0.25) is 0 Å². The van der Waals surface area contributed by atoms with Crippen LogP contribution < -0.4 is 15.4 Å². The second kappa shape index (κ2) is 7.75. The number of amides is 2. The largest absolute Gasteiger partial charge is 0.497 e. The molecule has 1 aromatic heterocycles. The topological polar surface area (TPSA) is 63.5 Å². The third-order valence-corrected chi connectivity index (χ3v) is 4.08. The second-order valence-electron chi connectivity index (χ2n) is 5.91. The molecule has 5 heteroatoms. The lowest BCUT2D eigenvalue weighted by Crippen LogP contribution is -2.37. The minimum Gasteiger partial charge on any atom is -0.497 e. The Kier molecular flexibility index (Phi) is 5.23. The summed E-state index contributed by atoms with van der Waals surface area (Å²) in [4.78, 5) is 12.0. The average molecular weight is 338 g/mol. The molecule has 1 atom stereocenters. The summed E-state index contributed by atoms with van der Waals surface area (Å²) >= 11 is 0. The Morgan fingerprint density at radius 1 is 1.16 bits per heavy atom. The zero-order valence-corrected chi connectivity index (χ0v) is 14.4. The normalized spacial score (nSPS) is 11.9. The number of urea groups is 1. The van der Waals surface area contributed by atoms with E-state index in [2.05, 4.69) is 10.6 Å². The highest BCUT2D eigenvalue weighted by atomic mass is 16.5. The lowest BCUT2D eigenvalue weighted by molar-refractivity contribution is 0.236. The standard InChI is InChI=1S/C20H22N2O3/c1-14(19-13-16-5-3-4-6-18(16)25-19)22-20(23)21-12-11-15-7-9-17(24-2)10-8-15/h3-10,13-14H,11-12H2,1-2H3,(H2,21,22,23). The van der Waals surface area contributed by atoms with Crippen LogP contribution in [0.15, 0.2) is 59.0 Å². The van der Waals surface area contributed by atoms with E-state index >= 15 is 0 Å². The van der Waals surface area contributed by atoms with Gasteiger partial charge >= 0.3 is 6.03 Å². The van der Waals surface area contributed by atoms with E-state index in [-0.39, 0.29) is 12.1 Å². The third-order valence-electron chi connectivity index (χ3n) is 4.08. The molecule has 2 N–H and O–H groups in total. The Morgan fingerprint density at radius 2 is 1.92 bits per heavy atom. The molecule has 0 aliphatic rings. The predicted octanol–water partition coefficient (Wildman–Crippen LogP) is 4.04. The number of carbonyl (C=O) groups excluding carboxylic acids is 1. The van der Waals surface area contributed by atoms with Gasteiger partial charge in [0.1, 0.15) is 17.1 Å². The molecule has 2 aromatic carbocycles. The van der Waals surface area contributed by atoms with E-state index in [9.17, 15) is 4.79 Å². The van der Waals surface area contributed by atoms with Crippen molar-refractivity contribution >= 4 is 17.0 Å². The first kappa shape index (κ1) is 16.9. The minimum absolute atomic E-state index is 0.201. The molecule has 3 aromatic rings. The van der Waals surface area contributed by atoms with Crippen molar-refractivity contribution in [2.75, 3.05) is 13.7 Å². The SMILES string of the molecule is COc1ccc(CCNC(=O)NC(C)c2cc3ccccc3o2)cc1. The van der Waals surface area contributed by atoms with Crippen molar-refractivity contribution in [2.45, 2.75) is 19.4 Å². The van der Waals surface area contributed by atoms with Crippen molar-refractivity contribution in [3.63, 3.8) is 0 Å². The highest BCUT2D eigenvalue weighted by Gasteiger charge is 2.13. The van der Waals surface area contributed by atoms with Crippen molar-refractivity contribution in [3.8, 4) is 5.75 Å². The van der Waals surface area contributed by atoms with Crippen molar-refractivity contribution < 1.29 is 13.9 Å². The Bertz CT molecular complexity index is 807. The van der Waals surface area contributed by atoms with Crippen LogP contribution >= 0.6 is 0 Å². The predicted molar refractivity (Wildman–Crippen MR) is 97.9 cm³/mol. The molecule has 0 radical (unpaired) electrons. The van der Waals surface area contributed by atoms with E-state index in [4.69, 9.17) is 9.15 Å². The third kappa shape index (κ3) is 4.32. The summed E-state index contributed by atoms with van der Waals surface area (Å²) in [5.74, 6) is 1.57. The average Bonchev–Trinajstić information content (AvgIpc) is 3.06. The number of rotatable bonds is 6. The van der Waals surface area contributed by atoms with Crippen LogP contribution in [-0.4, -0.2) is 19.7 Å². The van der Waals surface area contributed by atoms with Gasteiger partial charge in [-0.25, -0.2) is 4.79 Å². The first-order valence-corrected chi connectivity index (χ1v) is 8.31. The molecule has 1 unspecified atom stereocenters. The quantitative estimate of drug-likeness (QED) is 0.713. The molecule has 0 saturated carbocycles. The van der Waals surface area contributed by atoms with Crippen LogP contribution in [0, 0.1) is 0 Å². The maximum atomic E-state index is 12.0. The van der Waals surface area contributed by atoms with Crippen LogP contribution in [0.5, 0.6) is 5.75 Å². The smallest absolute Gasteiger partial charge is 0.315 e. The number of para-hydroxylation sites is 1. The summed E-state index contributed by atoms with van der Waals surface area (Å²) in [6, 6.07) is 17.2. The fraction of sp³-hybridized carbons (Fsp3) is 0.250. The number of ether oxygens (including phenoxy) is 1. The molecule has 0 spiro atoms. The fourth-order valence-electron chi connectivity index (χ4n) is 2.65. The van der Waals surface area contributed by atoms with Gasteiger partial charge in [-0.2, -0.15) is 0 Å². The number of methoxy groups -OCH3 is 1. The second-order valence-corrected chi connectivity index (χ2v) is 5.91. The maximum absolute atomic E-state index is 12.0. The number of hydrogen-bond acceptors (Lipinski definition) is 3. The molecule has 0 aliphatic heterocycles. The van der Waals surface area contributed by atoms with Crippen LogP contribution in [0.2, 0.25) is 0 Å². The van der Waals surface area contributed by atoms with Gasteiger partial charge in [0.25, 0.3) is 0 Å². The van der Waals surface area contributed by atoms with Gasteiger partial charge in [-0.1, -0.05) is 30.3 Å². The summed E-state index contributed by atoms with van der Waals surface area (Å²) in [5.41, 5.74) is 1.97. The molecule has 130 valence electrons. The van der Waals surface area contributed by atoms with E-state index in [0.717, 1.165) is 34.5 Å². The molecule has 3 rings (SSSR count). The molecule has 5 nitrogen and oxygen atoms in total. The molecule has 25 heavy (non-hydrogen) atoms. The summed E-state index contributed by atoms with van der Waals surface area (Å²) in [6.45, 7) is 2.46. The van der Waals surface area contributed by atoms with Gasteiger partial charge in [-0.05, 0) is 43.2 Å². The summed E-state index contributed by atoms with van der Waals surface area (Å²) in [7, 11) is 1.64. The van der Waals surface area contributed by atoms with Crippen LogP contribution in [0.4, 0.5) is 4.79 Å². The Balaban J connectivity index is 1.48. The van der Waals surface area contributed by atoms with Crippen molar-refractivity contribution in [3.05, 3.63) is 65.9 Å². The van der Waals surface area contributed by atoms with Gasteiger partial charge in [0.2, 0.25) is 0 Å². The number of furan rings is 1. The van der Waals surface area contributed by atoms with E-state index in [0.29, 0.717) is 6.54 Å². The lowest BCUT2D eigenvalue weighted by atomic mass is 10.1. The van der Waals surface area contributed by atoms with Gasteiger partial charge in [0.15, 0.2) is 0 Å². The number of benzene rings is 2. The number of carbonyl (C=O) groups is 1. The first-order valence-electron chi connectivity index (χ1n) is 8.31. The molecule has 2 amide bonds. The van der Waals surface area contributed by atoms with E-state index in [1.807, 2.05) is 61.5 Å². The maximum Gasteiger partial charge on any atom is 0.315 e. The molecular weight excluding hydrogens is 316 g/mol. The van der Waals surface area contributed by atoms with Crippen molar-refractivity contribution in [1.82, 2.24) is 10.6 Å². The first-order chi connectivity index (χ1) is 12.2. The number of fused-ring (bicyclic) bond motifs is 1. The zero-order valence-electron chi connectivity index (χ0n) is 14.4. The van der Waals surface area contributed by atoms with Gasteiger partial charge in [-0.15, -0.1) is 0 Å². The molecule has 1 heterocycles. The van der Waals surface area contributed by atoms with Crippen LogP contribution in [0.3, 0.4) is 0 Å². The van der Waals surface area contributed by atoms with E-state index in [1.54, 1.807) is 7.11 Å². The molecule has 0 bridgehead atoms. The van der Waals surface area contributed by atoms with Gasteiger partial charge in [0.05, 0.1) is 13.2 Å². The van der Waals surface area contributed by atoms with Crippen molar-refractivity contribution in [1.29, 1.82) is 0 Å². The summed E-state index contributed by atoms with van der Waals surface area (Å²) in [5, 5.41) is 6.80. The highest BCUT2D eigenvalue weighted by molar-refractivity contribution is 5.78. The van der Waals surface area contributed by atoms with Crippen LogP contribution in [-0.2, 0) is 6.42 Å². The van der Waals surface area contributed by atoms with E-state index < -0.39 is 0 Å². The molecule has 0 fully saturated rings. The molecule has 0 saturated heterocycles. The van der Waals surface area contributed by atoms with Gasteiger partial charge < -0.3 is 19.8 Å². The van der Waals surface area contributed by atoms with Gasteiger partial charge in [0, 0.05) is 11.9 Å². The lowest BCUT2D eigenvalue weighted by Gasteiger charge is -2.12. The van der Waals surface area contributed by atoms with E-state index in [1.165, 1.54) is 0 Å². The highest BCUT2D eigenvalue weighted by Crippen LogP contribution is 2.23. The molecule has 0 aliphatic carbocycles. The summed E-state index contributed by atoms with van der Waals surface area (Å²) < 4.78 is 10.9. The van der Waals surface area contributed by atoms with Crippen molar-refractivity contribution in [2.24, 2.45) is 0 Å². The Labute approximate surface area is 147 Å². The Morgan fingerprint density at radius 3 is 2.64 bits per heavy atom. The van der Waals surface area contributed by atoms with Crippen LogP contribution in [0.1, 0.15) is 24.3 Å². The number of nitrogens with one attached hydrogen (secondary N) is 2. The zero-order chi connectivity index (χ0) is 17.6. The minimum atomic E-state index is -0.207. The monoisotopic (exact) mass is 338 g/mol.